The van der Waals surface area contributed by atoms with Crippen LogP contribution in [0.15, 0.2) is 30.3 Å². The van der Waals surface area contributed by atoms with Gasteiger partial charge in [-0.15, -0.1) is 0 Å². The molecule has 1 unspecified atom stereocenters. The fourth-order valence-corrected chi connectivity index (χ4v) is 4.02. The number of likely N-dealkylation sites (N-methyl/N-ethyl adjacent to an activating group) is 1. The fourth-order valence-electron chi connectivity index (χ4n) is 4.02. The molecule has 0 bridgehead atoms. The number of carbonyl (C=O) groups excluding carboxylic acids is 3. The number of carbonyl (C=O) groups is 3. The zero-order valence-corrected chi connectivity index (χ0v) is 15.7. The lowest BCUT2D eigenvalue weighted by molar-refractivity contribution is -0.135. The van der Waals surface area contributed by atoms with Crippen LogP contribution in [0.25, 0.3) is 0 Å². The number of benzene rings is 1. The second-order valence-electron chi connectivity index (χ2n) is 7.49. The Kier molecular flexibility index (Phi) is 4.62. The third kappa shape index (κ3) is 2.80. The zero-order valence-electron chi connectivity index (χ0n) is 15.7. The Morgan fingerprint density at radius 3 is 2.50 bits per heavy atom. The minimum atomic E-state index is -0.975. The van der Waals surface area contributed by atoms with Crippen LogP contribution in [0.2, 0.25) is 0 Å². The summed E-state index contributed by atoms with van der Waals surface area (Å²) in [5, 5.41) is 0. The topological polar surface area (TPSA) is 57.7 Å². The Balaban J connectivity index is 1.87. The predicted octanol–water partition coefficient (Wildman–Crippen LogP) is 2.82. The summed E-state index contributed by atoms with van der Waals surface area (Å²) in [6.45, 7) is 5.61. The van der Waals surface area contributed by atoms with Crippen LogP contribution < -0.4 is 0 Å². The molecule has 0 saturated carbocycles. The van der Waals surface area contributed by atoms with E-state index in [2.05, 4.69) is 11.8 Å². The Morgan fingerprint density at radius 1 is 1.19 bits per heavy atom. The lowest BCUT2D eigenvalue weighted by Crippen LogP contribution is -2.54. The number of hydrogen-bond acceptors (Lipinski definition) is 3. The van der Waals surface area contributed by atoms with Gasteiger partial charge in [-0.05, 0) is 13.3 Å². The number of Topliss-reactive ketones (excluding diaryl/α,β-unsaturated/α-hetero) is 1. The van der Waals surface area contributed by atoms with Crippen molar-refractivity contribution in [3.05, 3.63) is 35.9 Å². The van der Waals surface area contributed by atoms with Crippen LogP contribution in [0, 0.1) is 29.6 Å². The predicted molar refractivity (Wildman–Crippen MR) is 98.3 cm³/mol. The minimum Gasteiger partial charge on any atom is -0.313 e. The number of rotatable bonds is 4. The highest BCUT2D eigenvalue weighted by Gasteiger charge is 2.58. The van der Waals surface area contributed by atoms with Crippen LogP contribution in [0.1, 0.15) is 37.6 Å². The largest absolute Gasteiger partial charge is 0.327 e. The standard InChI is InChI=1S/C21H24N2O3/c1-14-10-11-15(2)17(12-14)21(3)19(25)23(20(26)22(21)4)13-18(24)16-8-6-5-7-9-16/h5-9,14-15,17H,12-13H2,1-4H3/t14-,15+,17+,21?/m1/s1. The third-order valence-corrected chi connectivity index (χ3v) is 5.78. The molecule has 1 aromatic carbocycles. The van der Waals surface area contributed by atoms with Crippen molar-refractivity contribution in [3.63, 3.8) is 0 Å². The van der Waals surface area contributed by atoms with Crippen molar-refractivity contribution in [2.75, 3.05) is 13.6 Å². The number of amides is 3. The number of hydrogen-bond donors (Lipinski definition) is 0. The summed E-state index contributed by atoms with van der Waals surface area (Å²) in [5.74, 6) is 5.97. The highest BCUT2D eigenvalue weighted by molar-refractivity contribution is 6.11. The lowest BCUT2D eigenvalue weighted by atomic mass is 9.70. The summed E-state index contributed by atoms with van der Waals surface area (Å²) in [6, 6.07) is 8.32. The summed E-state index contributed by atoms with van der Waals surface area (Å²) in [5.41, 5.74) is -0.480. The molecule has 1 saturated heterocycles. The van der Waals surface area contributed by atoms with Crippen LogP contribution in [0.4, 0.5) is 4.79 Å². The summed E-state index contributed by atoms with van der Waals surface area (Å²) in [7, 11) is 1.65. The van der Waals surface area contributed by atoms with E-state index in [1.54, 1.807) is 38.2 Å². The molecule has 5 heteroatoms. The molecular formula is C21H24N2O3. The molecule has 26 heavy (non-hydrogen) atoms. The first kappa shape index (κ1) is 18.2. The molecule has 3 amide bonds. The van der Waals surface area contributed by atoms with Gasteiger partial charge in [-0.2, -0.15) is 0 Å². The van der Waals surface area contributed by atoms with Gasteiger partial charge in [-0.1, -0.05) is 56.0 Å². The number of imide groups is 1. The molecule has 2 aliphatic rings. The second kappa shape index (κ2) is 6.60. The number of urea groups is 1. The monoisotopic (exact) mass is 352 g/mol. The van der Waals surface area contributed by atoms with E-state index in [1.807, 2.05) is 19.9 Å². The maximum absolute atomic E-state index is 13.2. The SMILES string of the molecule is C[C@@H]1C#C[C@H](C)[C@@H](C2(C)C(=O)N(CC(=O)c3ccccc3)C(=O)N2C)C1. The van der Waals surface area contributed by atoms with E-state index in [1.165, 1.54) is 4.90 Å². The van der Waals surface area contributed by atoms with E-state index in [0.717, 1.165) is 11.3 Å². The summed E-state index contributed by atoms with van der Waals surface area (Å²) >= 11 is 0. The fraction of sp³-hybridized carbons (Fsp3) is 0.476. The van der Waals surface area contributed by atoms with Gasteiger partial charge in [0.25, 0.3) is 5.91 Å². The molecule has 0 aromatic heterocycles. The van der Waals surface area contributed by atoms with E-state index >= 15 is 0 Å². The maximum Gasteiger partial charge on any atom is 0.327 e. The number of nitrogens with zero attached hydrogens (tertiary/aromatic N) is 2. The van der Waals surface area contributed by atoms with Crippen LogP contribution in [0.5, 0.6) is 0 Å². The van der Waals surface area contributed by atoms with Gasteiger partial charge in [0.15, 0.2) is 5.78 Å². The van der Waals surface area contributed by atoms with Crippen LogP contribution >= 0.6 is 0 Å². The van der Waals surface area contributed by atoms with Crippen molar-refractivity contribution in [2.45, 2.75) is 32.7 Å². The third-order valence-electron chi connectivity index (χ3n) is 5.78. The zero-order chi connectivity index (χ0) is 19.1. The molecule has 136 valence electrons. The highest BCUT2D eigenvalue weighted by Crippen LogP contribution is 2.41. The first-order valence-corrected chi connectivity index (χ1v) is 8.96. The first-order chi connectivity index (χ1) is 12.3. The van der Waals surface area contributed by atoms with Gasteiger partial charge in [0.2, 0.25) is 0 Å². The molecule has 1 aromatic rings. The van der Waals surface area contributed by atoms with Gasteiger partial charge in [0, 0.05) is 30.4 Å². The van der Waals surface area contributed by atoms with E-state index in [4.69, 9.17) is 0 Å². The number of ketones is 1. The van der Waals surface area contributed by atoms with E-state index in [9.17, 15) is 14.4 Å². The molecule has 0 radical (unpaired) electrons. The molecule has 1 aliphatic carbocycles. The average molecular weight is 352 g/mol. The maximum atomic E-state index is 13.2. The normalized spacial score (nSPS) is 31.0. The minimum absolute atomic E-state index is 0.0141. The van der Waals surface area contributed by atoms with Gasteiger partial charge in [0.1, 0.15) is 5.54 Å². The molecule has 3 rings (SSSR count). The summed E-state index contributed by atoms with van der Waals surface area (Å²) in [6.07, 6.45) is 0.758. The molecule has 0 N–H and O–H groups in total. The summed E-state index contributed by atoms with van der Waals surface area (Å²) < 4.78 is 0. The van der Waals surface area contributed by atoms with Crippen LogP contribution in [0.3, 0.4) is 0 Å². The molecule has 1 heterocycles. The van der Waals surface area contributed by atoms with Crippen molar-refractivity contribution in [2.24, 2.45) is 17.8 Å². The summed E-state index contributed by atoms with van der Waals surface area (Å²) in [4.78, 5) is 41.1. The lowest BCUT2D eigenvalue weighted by Gasteiger charge is -2.40. The second-order valence-corrected chi connectivity index (χ2v) is 7.49. The Morgan fingerprint density at radius 2 is 1.85 bits per heavy atom. The molecular weight excluding hydrogens is 328 g/mol. The van der Waals surface area contributed by atoms with Gasteiger partial charge < -0.3 is 4.90 Å². The Labute approximate surface area is 154 Å². The van der Waals surface area contributed by atoms with Gasteiger partial charge in [-0.25, -0.2) is 4.79 Å². The highest BCUT2D eigenvalue weighted by atomic mass is 16.2. The van der Waals surface area contributed by atoms with Gasteiger partial charge in [-0.3, -0.25) is 14.5 Å². The van der Waals surface area contributed by atoms with E-state index < -0.39 is 11.6 Å². The van der Waals surface area contributed by atoms with E-state index in [-0.39, 0.29) is 36.0 Å². The van der Waals surface area contributed by atoms with E-state index in [0.29, 0.717) is 5.56 Å². The van der Waals surface area contributed by atoms with Gasteiger partial charge >= 0.3 is 6.03 Å². The smallest absolute Gasteiger partial charge is 0.313 e. The quantitative estimate of drug-likeness (QED) is 0.476. The van der Waals surface area contributed by atoms with Crippen LogP contribution in [-0.4, -0.2) is 46.7 Å². The molecule has 1 fully saturated rings. The van der Waals surface area contributed by atoms with Crippen molar-refractivity contribution in [3.8, 4) is 11.8 Å². The molecule has 5 nitrogen and oxygen atoms in total. The van der Waals surface area contributed by atoms with Crippen molar-refractivity contribution in [1.82, 2.24) is 9.80 Å². The van der Waals surface area contributed by atoms with Crippen molar-refractivity contribution in [1.29, 1.82) is 0 Å². The van der Waals surface area contributed by atoms with Crippen molar-refractivity contribution >= 4 is 17.7 Å². The van der Waals surface area contributed by atoms with Crippen molar-refractivity contribution < 1.29 is 14.4 Å². The molecule has 4 atom stereocenters. The Bertz CT molecular complexity index is 808. The Hall–Kier alpha value is -2.61. The van der Waals surface area contributed by atoms with Crippen LogP contribution in [-0.2, 0) is 4.79 Å². The van der Waals surface area contributed by atoms with Gasteiger partial charge in [0.05, 0.1) is 6.54 Å². The molecule has 1 aliphatic heterocycles. The first-order valence-electron chi connectivity index (χ1n) is 8.96. The average Bonchev–Trinajstić information content (AvgIpc) is 2.80. The molecule has 0 spiro atoms.